The number of aromatic nitrogens is 4. The Morgan fingerprint density at radius 2 is 0.647 bits per heavy atom. The number of fused-ring (bicyclic) bond motifs is 14. The number of aryl methyl sites for hydroxylation is 2. The summed E-state index contributed by atoms with van der Waals surface area (Å²) >= 11 is 0. The first-order chi connectivity index (χ1) is 33.6. The second-order valence-electron chi connectivity index (χ2n) is 18.2. The van der Waals surface area contributed by atoms with Crippen LogP contribution in [0.5, 0.6) is 0 Å². The molecule has 4 heteroatoms. The number of rotatable bonds is 5. The molecule has 0 amide bonds. The Bertz CT molecular complexity index is 4400. The van der Waals surface area contributed by atoms with Gasteiger partial charge in [0.15, 0.2) is 0 Å². The molecule has 0 saturated heterocycles. The van der Waals surface area contributed by atoms with Gasteiger partial charge in [0.2, 0.25) is 0 Å². The number of nitrogens with zero attached hydrogens (tertiary/aromatic N) is 4. The Morgan fingerprint density at radius 1 is 0.279 bits per heavy atom. The number of hydrogen-bond acceptors (Lipinski definition) is 2. The van der Waals surface area contributed by atoms with Gasteiger partial charge in [-0.1, -0.05) is 212 Å². The summed E-state index contributed by atoms with van der Waals surface area (Å²) in [6.07, 6.45) is 0. The standard InChI is InChI=1S/C64H42N4/c1-39-30-32-42-16-3-5-20-47(42)59(39)67-61-55-28-13-9-24-51(55)49-22-7-11-26-53(49)57(61)65-63(67)44-36-34-41(35-37-44)45-18-15-19-46(38-45)64-66-58-54-27-12-8-23-50(54)52-25-10-14-29-56(52)62(58)68(64)60-40(2)31-33-43-17-4-6-21-48(43)60/h3-38H,1-2H3. The fourth-order valence-electron chi connectivity index (χ4n) is 11.2. The van der Waals surface area contributed by atoms with E-state index in [4.69, 9.17) is 9.97 Å². The van der Waals surface area contributed by atoms with Crippen molar-refractivity contribution in [1.29, 1.82) is 0 Å². The van der Waals surface area contributed by atoms with Crippen LogP contribution in [-0.4, -0.2) is 19.1 Å². The van der Waals surface area contributed by atoms with Crippen LogP contribution in [0, 0.1) is 13.8 Å². The summed E-state index contributed by atoms with van der Waals surface area (Å²) in [6, 6.07) is 79.3. The molecule has 4 nitrogen and oxygen atoms in total. The van der Waals surface area contributed by atoms with Crippen LogP contribution in [-0.2, 0) is 0 Å². The van der Waals surface area contributed by atoms with Crippen molar-refractivity contribution in [2.24, 2.45) is 0 Å². The molecule has 0 aliphatic heterocycles. The van der Waals surface area contributed by atoms with Crippen LogP contribution in [0.25, 0.3) is 132 Å². The van der Waals surface area contributed by atoms with Crippen molar-refractivity contribution >= 4 is 86.7 Å². The summed E-state index contributed by atoms with van der Waals surface area (Å²) in [4.78, 5) is 11.3. The number of benzene rings is 12. The van der Waals surface area contributed by atoms with Gasteiger partial charge >= 0.3 is 0 Å². The van der Waals surface area contributed by atoms with Gasteiger partial charge in [-0.05, 0) is 74.5 Å². The molecule has 0 unspecified atom stereocenters. The molecular formula is C64H42N4. The average Bonchev–Trinajstić information content (AvgIpc) is 4.00. The summed E-state index contributed by atoms with van der Waals surface area (Å²) < 4.78 is 4.88. The van der Waals surface area contributed by atoms with Crippen LogP contribution < -0.4 is 0 Å². The molecule has 0 aliphatic carbocycles. The quantitative estimate of drug-likeness (QED) is 0.162. The van der Waals surface area contributed by atoms with Crippen molar-refractivity contribution in [3.8, 4) is 45.3 Å². The maximum Gasteiger partial charge on any atom is 0.145 e. The van der Waals surface area contributed by atoms with Crippen molar-refractivity contribution < 1.29 is 0 Å². The van der Waals surface area contributed by atoms with Gasteiger partial charge in [0, 0.05) is 43.4 Å². The molecule has 0 saturated carbocycles. The van der Waals surface area contributed by atoms with Crippen molar-refractivity contribution in [3.63, 3.8) is 0 Å². The van der Waals surface area contributed by atoms with Gasteiger partial charge in [-0.15, -0.1) is 0 Å². The number of imidazole rings is 2. The Hall–Kier alpha value is -8.86. The van der Waals surface area contributed by atoms with E-state index in [1.165, 1.54) is 65.0 Å². The Labute approximate surface area is 392 Å². The highest BCUT2D eigenvalue weighted by molar-refractivity contribution is 6.26. The molecule has 2 heterocycles. The molecule has 14 aromatic rings. The molecule has 318 valence electrons. The van der Waals surface area contributed by atoms with Gasteiger partial charge < -0.3 is 0 Å². The number of hydrogen-bond donors (Lipinski definition) is 0. The lowest BCUT2D eigenvalue weighted by molar-refractivity contribution is 1.10. The second kappa shape index (κ2) is 14.8. The van der Waals surface area contributed by atoms with Crippen LogP contribution in [0.3, 0.4) is 0 Å². The van der Waals surface area contributed by atoms with Gasteiger partial charge in [0.05, 0.1) is 33.4 Å². The van der Waals surface area contributed by atoms with E-state index in [9.17, 15) is 0 Å². The summed E-state index contributed by atoms with van der Waals surface area (Å²) in [5.74, 6) is 1.83. The van der Waals surface area contributed by atoms with Crippen molar-refractivity contribution in [3.05, 3.63) is 230 Å². The Kier molecular flexibility index (Phi) is 8.38. The van der Waals surface area contributed by atoms with Crippen molar-refractivity contribution in [2.45, 2.75) is 13.8 Å². The van der Waals surface area contributed by atoms with E-state index in [1.807, 2.05) is 0 Å². The molecule has 0 fully saturated rings. The maximum atomic E-state index is 5.66. The highest BCUT2D eigenvalue weighted by Gasteiger charge is 2.25. The van der Waals surface area contributed by atoms with E-state index in [1.54, 1.807) is 0 Å². The largest absolute Gasteiger partial charge is 0.291 e. The molecule has 2 aromatic heterocycles. The molecule has 0 bridgehead atoms. The first kappa shape index (κ1) is 38.4. The average molecular weight is 867 g/mol. The van der Waals surface area contributed by atoms with Crippen LogP contribution in [0.2, 0.25) is 0 Å². The van der Waals surface area contributed by atoms with Gasteiger partial charge in [-0.2, -0.15) is 0 Å². The van der Waals surface area contributed by atoms with Crippen LogP contribution in [0.15, 0.2) is 218 Å². The molecule has 0 spiro atoms. The van der Waals surface area contributed by atoms with Gasteiger partial charge in [0.25, 0.3) is 0 Å². The van der Waals surface area contributed by atoms with E-state index in [0.717, 1.165) is 78.1 Å². The fraction of sp³-hybridized carbons (Fsp3) is 0.0312. The molecule has 12 aromatic carbocycles. The lowest BCUT2D eigenvalue weighted by Gasteiger charge is -2.18. The summed E-state index contributed by atoms with van der Waals surface area (Å²) in [6.45, 7) is 4.44. The molecule has 0 N–H and O–H groups in total. The molecule has 0 atom stereocenters. The highest BCUT2D eigenvalue weighted by Crippen LogP contribution is 2.44. The maximum absolute atomic E-state index is 5.66. The Balaban J connectivity index is 0.983. The van der Waals surface area contributed by atoms with Crippen molar-refractivity contribution in [2.75, 3.05) is 0 Å². The summed E-state index contributed by atoms with van der Waals surface area (Å²) in [7, 11) is 0. The van der Waals surface area contributed by atoms with Crippen LogP contribution >= 0.6 is 0 Å². The molecular weight excluding hydrogens is 825 g/mol. The topological polar surface area (TPSA) is 35.6 Å². The van der Waals surface area contributed by atoms with E-state index in [2.05, 4.69) is 241 Å². The fourth-order valence-corrected chi connectivity index (χ4v) is 11.2. The zero-order chi connectivity index (χ0) is 45.0. The summed E-state index contributed by atoms with van der Waals surface area (Å²) in [5, 5.41) is 14.3. The SMILES string of the molecule is Cc1ccc2ccccc2c1-n1c(-c2ccc(-c3cccc(-c4nc5c6ccccc6c6ccccc6c5n4-c4c(C)ccc5ccccc45)c3)cc2)nc2c3ccccc3c3ccccc3c21. The highest BCUT2D eigenvalue weighted by atomic mass is 15.1. The third-order valence-corrected chi connectivity index (χ3v) is 14.3. The van der Waals surface area contributed by atoms with Gasteiger partial charge in [-0.3, -0.25) is 9.13 Å². The molecule has 68 heavy (non-hydrogen) atoms. The molecule has 0 radical (unpaired) electrons. The van der Waals surface area contributed by atoms with E-state index >= 15 is 0 Å². The zero-order valence-electron chi connectivity index (χ0n) is 37.6. The van der Waals surface area contributed by atoms with Crippen LogP contribution in [0.1, 0.15) is 11.1 Å². The lowest BCUT2D eigenvalue weighted by atomic mass is 9.99. The van der Waals surface area contributed by atoms with E-state index < -0.39 is 0 Å². The first-order valence-corrected chi connectivity index (χ1v) is 23.4. The predicted octanol–water partition coefficient (Wildman–Crippen LogP) is 16.9. The summed E-state index contributed by atoms with van der Waals surface area (Å²) in [5.41, 5.74) is 13.3. The lowest BCUT2D eigenvalue weighted by Crippen LogP contribution is -2.02. The normalized spacial score (nSPS) is 12.0. The molecule has 0 aliphatic rings. The minimum atomic E-state index is 0.915. The monoisotopic (exact) mass is 866 g/mol. The third-order valence-electron chi connectivity index (χ3n) is 14.3. The Morgan fingerprint density at radius 3 is 1.13 bits per heavy atom. The van der Waals surface area contributed by atoms with E-state index in [-0.39, 0.29) is 0 Å². The van der Waals surface area contributed by atoms with Crippen molar-refractivity contribution in [1.82, 2.24) is 19.1 Å². The minimum absolute atomic E-state index is 0.915. The smallest absolute Gasteiger partial charge is 0.145 e. The van der Waals surface area contributed by atoms with Crippen LogP contribution in [0.4, 0.5) is 0 Å². The first-order valence-electron chi connectivity index (χ1n) is 23.4. The second-order valence-corrected chi connectivity index (χ2v) is 18.2. The predicted molar refractivity (Wildman–Crippen MR) is 287 cm³/mol. The van der Waals surface area contributed by atoms with Gasteiger partial charge in [-0.25, -0.2) is 9.97 Å². The minimum Gasteiger partial charge on any atom is -0.291 e. The third kappa shape index (κ3) is 5.61. The molecule has 14 rings (SSSR count). The zero-order valence-corrected chi connectivity index (χ0v) is 37.6. The van der Waals surface area contributed by atoms with Gasteiger partial charge in [0.1, 0.15) is 11.6 Å². The van der Waals surface area contributed by atoms with E-state index in [0.29, 0.717) is 0 Å².